The SMILES string of the molecule is Cc1nc(Oc2ccc(NC(=O)Nc3ccccc3Cl)cc2)cc(-n2cccc2)n1. The van der Waals surface area contributed by atoms with Gasteiger partial charge in [0, 0.05) is 24.1 Å². The molecule has 30 heavy (non-hydrogen) atoms. The number of urea groups is 1. The Balaban J connectivity index is 1.42. The van der Waals surface area contributed by atoms with E-state index in [2.05, 4.69) is 20.6 Å². The van der Waals surface area contributed by atoms with E-state index in [1.165, 1.54) is 0 Å². The van der Waals surface area contributed by atoms with Crippen LogP contribution in [0.3, 0.4) is 0 Å². The Hall–Kier alpha value is -3.84. The number of amides is 2. The molecule has 0 aliphatic rings. The van der Waals surface area contributed by atoms with Crippen molar-refractivity contribution in [2.75, 3.05) is 10.6 Å². The average molecular weight is 420 g/mol. The minimum atomic E-state index is -0.389. The Bertz CT molecular complexity index is 1160. The normalized spacial score (nSPS) is 10.5. The Kier molecular flexibility index (Phi) is 5.63. The summed E-state index contributed by atoms with van der Waals surface area (Å²) in [7, 11) is 0. The minimum Gasteiger partial charge on any atom is -0.439 e. The van der Waals surface area contributed by atoms with Crippen molar-refractivity contribution < 1.29 is 9.53 Å². The lowest BCUT2D eigenvalue weighted by Gasteiger charge is -2.10. The maximum Gasteiger partial charge on any atom is 0.323 e. The highest BCUT2D eigenvalue weighted by atomic mass is 35.5. The third kappa shape index (κ3) is 4.76. The highest BCUT2D eigenvalue weighted by Crippen LogP contribution is 2.24. The first-order chi connectivity index (χ1) is 14.6. The second kappa shape index (κ2) is 8.67. The van der Waals surface area contributed by atoms with E-state index in [0.29, 0.717) is 33.9 Å². The van der Waals surface area contributed by atoms with Gasteiger partial charge < -0.3 is 19.9 Å². The lowest BCUT2D eigenvalue weighted by Crippen LogP contribution is -2.19. The van der Waals surface area contributed by atoms with Gasteiger partial charge in [0.15, 0.2) is 0 Å². The van der Waals surface area contributed by atoms with Crippen LogP contribution in [-0.2, 0) is 0 Å². The first kappa shape index (κ1) is 19.5. The third-order valence-electron chi connectivity index (χ3n) is 4.13. The first-order valence-electron chi connectivity index (χ1n) is 9.16. The number of anilines is 2. The number of halogens is 1. The largest absolute Gasteiger partial charge is 0.439 e. The predicted octanol–water partition coefficient (Wildman–Crippen LogP) is 5.67. The lowest BCUT2D eigenvalue weighted by atomic mass is 10.3. The molecule has 0 fully saturated rings. The maximum atomic E-state index is 12.2. The van der Waals surface area contributed by atoms with Crippen molar-refractivity contribution in [3.05, 3.63) is 90.0 Å². The minimum absolute atomic E-state index is 0.389. The van der Waals surface area contributed by atoms with Crippen LogP contribution in [0.15, 0.2) is 79.1 Å². The number of carbonyl (C=O) groups is 1. The number of aryl methyl sites for hydroxylation is 1. The molecule has 0 aliphatic heterocycles. The summed E-state index contributed by atoms with van der Waals surface area (Å²) in [5.74, 6) is 2.34. The van der Waals surface area contributed by atoms with Crippen molar-refractivity contribution in [1.82, 2.24) is 14.5 Å². The van der Waals surface area contributed by atoms with E-state index in [0.717, 1.165) is 5.82 Å². The molecule has 7 nitrogen and oxygen atoms in total. The van der Waals surface area contributed by atoms with E-state index in [1.807, 2.05) is 36.0 Å². The molecule has 2 aromatic carbocycles. The van der Waals surface area contributed by atoms with Gasteiger partial charge in [-0.2, -0.15) is 4.98 Å². The maximum absolute atomic E-state index is 12.2. The molecule has 2 heterocycles. The molecule has 0 unspecified atom stereocenters. The molecule has 8 heteroatoms. The summed E-state index contributed by atoms with van der Waals surface area (Å²) >= 11 is 6.05. The molecule has 0 bridgehead atoms. The molecule has 0 saturated carbocycles. The fourth-order valence-corrected chi connectivity index (χ4v) is 2.95. The van der Waals surface area contributed by atoms with Crippen LogP contribution in [0, 0.1) is 6.92 Å². The molecule has 0 atom stereocenters. The fraction of sp³-hybridized carbons (Fsp3) is 0.0455. The van der Waals surface area contributed by atoms with E-state index >= 15 is 0 Å². The highest BCUT2D eigenvalue weighted by Gasteiger charge is 2.08. The number of ether oxygens (including phenoxy) is 1. The van der Waals surface area contributed by atoms with Gasteiger partial charge in [-0.25, -0.2) is 9.78 Å². The average Bonchev–Trinajstić information content (AvgIpc) is 3.26. The van der Waals surface area contributed by atoms with E-state index < -0.39 is 0 Å². The van der Waals surface area contributed by atoms with Crippen molar-refractivity contribution in [3.63, 3.8) is 0 Å². The standard InChI is InChI=1S/C22H18ClN5O2/c1-15-24-20(28-12-4-5-13-28)14-21(25-15)30-17-10-8-16(9-11-17)26-22(29)27-19-7-3-2-6-18(19)23/h2-14H,1H3,(H2,26,27,29). The monoisotopic (exact) mass is 419 g/mol. The quantitative estimate of drug-likeness (QED) is 0.437. The first-order valence-corrected chi connectivity index (χ1v) is 9.54. The van der Waals surface area contributed by atoms with Crippen LogP contribution in [0.1, 0.15) is 5.82 Å². The van der Waals surface area contributed by atoms with Gasteiger partial charge in [-0.15, -0.1) is 0 Å². The van der Waals surface area contributed by atoms with Crippen LogP contribution < -0.4 is 15.4 Å². The van der Waals surface area contributed by atoms with Crippen LogP contribution >= 0.6 is 11.6 Å². The molecular formula is C22H18ClN5O2. The van der Waals surface area contributed by atoms with Crippen LogP contribution in [0.25, 0.3) is 5.82 Å². The molecule has 4 rings (SSSR count). The lowest BCUT2D eigenvalue weighted by molar-refractivity contribution is 0.262. The van der Waals surface area contributed by atoms with Gasteiger partial charge in [-0.1, -0.05) is 23.7 Å². The van der Waals surface area contributed by atoms with Crippen molar-refractivity contribution in [2.45, 2.75) is 6.92 Å². The summed E-state index contributed by atoms with van der Waals surface area (Å²) in [5, 5.41) is 5.93. The number of carbonyl (C=O) groups excluding carboxylic acids is 1. The molecular weight excluding hydrogens is 402 g/mol. The van der Waals surface area contributed by atoms with Crippen LogP contribution in [-0.4, -0.2) is 20.6 Å². The Morgan fingerprint density at radius 3 is 2.43 bits per heavy atom. The van der Waals surface area contributed by atoms with Gasteiger partial charge in [0.05, 0.1) is 10.7 Å². The number of nitrogens with one attached hydrogen (secondary N) is 2. The van der Waals surface area contributed by atoms with Crippen LogP contribution in [0.4, 0.5) is 16.2 Å². The summed E-state index contributed by atoms with van der Waals surface area (Å²) in [6, 6.07) is 19.2. The second-order valence-electron chi connectivity index (χ2n) is 6.39. The summed E-state index contributed by atoms with van der Waals surface area (Å²) in [4.78, 5) is 20.9. The summed E-state index contributed by atoms with van der Waals surface area (Å²) in [5.41, 5.74) is 1.15. The van der Waals surface area contributed by atoms with Gasteiger partial charge >= 0.3 is 6.03 Å². The summed E-state index contributed by atoms with van der Waals surface area (Å²) in [6.45, 7) is 1.81. The Morgan fingerprint density at radius 2 is 1.70 bits per heavy atom. The van der Waals surface area contributed by atoms with Gasteiger partial charge in [-0.05, 0) is 55.5 Å². The zero-order valence-corrected chi connectivity index (χ0v) is 16.8. The Labute approximate surface area is 178 Å². The van der Waals surface area contributed by atoms with Crippen LogP contribution in [0.2, 0.25) is 5.02 Å². The molecule has 4 aromatic rings. The second-order valence-corrected chi connectivity index (χ2v) is 6.79. The predicted molar refractivity (Wildman–Crippen MR) is 117 cm³/mol. The van der Waals surface area contributed by atoms with E-state index in [-0.39, 0.29) is 6.03 Å². The van der Waals surface area contributed by atoms with Gasteiger partial charge in [0.2, 0.25) is 5.88 Å². The highest BCUT2D eigenvalue weighted by molar-refractivity contribution is 6.33. The summed E-state index contributed by atoms with van der Waals surface area (Å²) < 4.78 is 7.74. The molecule has 0 radical (unpaired) electrons. The van der Waals surface area contributed by atoms with Crippen molar-refractivity contribution in [2.24, 2.45) is 0 Å². The van der Waals surface area contributed by atoms with Crippen LogP contribution in [0.5, 0.6) is 11.6 Å². The zero-order chi connectivity index (χ0) is 20.9. The molecule has 150 valence electrons. The molecule has 0 aliphatic carbocycles. The molecule has 2 N–H and O–H groups in total. The topological polar surface area (TPSA) is 81.1 Å². The number of nitrogens with zero attached hydrogens (tertiary/aromatic N) is 3. The van der Waals surface area contributed by atoms with Gasteiger partial charge in [0.1, 0.15) is 17.4 Å². The van der Waals surface area contributed by atoms with Gasteiger partial charge in [-0.3, -0.25) is 0 Å². The Morgan fingerprint density at radius 1 is 0.967 bits per heavy atom. The van der Waals surface area contributed by atoms with E-state index in [4.69, 9.17) is 16.3 Å². The van der Waals surface area contributed by atoms with Crippen molar-refractivity contribution in [1.29, 1.82) is 0 Å². The zero-order valence-electron chi connectivity index (χ0n) is 16.0. The number of rotatable bonds is 5. The van der Waals surface area contributed by atoms with Crippen molar-refractivity contribution in [3.8, 4) is 17.4 Å². The van der Waals surface area contributed by atoms with E-state index in [1.54, 1.807) is 54.6 Å². The molecule has 0 saturated heterocycles. The molecule has 2 aromatic heterocycles. The smallest absolute Gasteiger partial charge is 0.323 e. The number of benzene rings is 2. The van der Waals surface area contributed by atoms with E-state index in [9.17, 15) is 4.79 Å². The number of hydrogen-bond acceptors (Lipinski definition) is 4. The number of para-hydroxylation sites is 1. The third-order valence-corrected chi connectivity index (χ3v) is 4.46. The molecule has 0 spiro atoms. The molecule has 2 amide bonds. The van der Waals surface area contributed by atoms with Gasteiger partial charge in [0.25, 0.3) is 0 Å². The number of aromatic nitrogens is 3. The van der Waals surface area contributed by atoms with Crippen molar-refractivity contribution >= 4 is 29.0 Å². The fourth-order valence-electron chi connectivity index (χ4n) is 2.77. The number of hydrogen-bond donors (Lipinski definition) is 2. The summed E-state index contributed by atoms with van der Waals surface area (Å²) in [6.07, 6.45) is 3.80.